The summed E-state index contributed by atoms with van der Waals surface area (Å²) in [4.78, 5) is 14.4. The standard InChI is InChI=1S/C16H13N2.C5H8O2.Ir/c1-3-7-14(8-4-1)13-18-12-11-17-16(18)15-9-5-2-6-10-15;1-4(6)3-5(2)7;/h1-9,11-12H,13H2;3,6H,1-2H3;/q-1;;/b;4-3-;. The Labute approximate surface area is 167 Å². The van der Waals surface area contributed by atoms with Crippen LogP contribution in [0.15, 0.2) is 78.8 Å². The molecule has 2 aromatic carbocycles. The van der Waals surface area contributed by atoms with Crippen molar-refractivity contribution >= 4 is 5.78 Å². The Hall–Kier alpha value is -2.49. The molecule has 4 nitrogen and oxygen atoms in total. The van der Waals surface area contributed by atoms with E-state index in [4.69, 9.17) is 5.11 Å². The third-order valence-electron chi connectivity index (χ3n) is 3.27. The van der Waals surface area contributed by atoms with Gasteiger partial charge in [0.25, 0.3) is 0 Å². The zero-order valence-electron chi connectivity index (χ0n) is 14.7. The largest absolute Gasteiger partial charge is 0.512 e. The van der Waals surface area contributed by atoms with Gasteiger partial charge in [0.05, 0.1) is 11.6 Å². The van der Waals surface area contributed by atoms with Gasteiger partial charge in [-0.25, -0.2) is 0 Å². The van der Waals surface area contributed by atoms with Gasteiger partial charge >= 0.3 is 0 Å². The van der Waals surface area contributed by atoms with Crippen molar-refractivity contribution in [3.05, 3.63) is 90.5 Å². The summed E-state index contributed by atoms with van der Waals surface area (Å²) < 4.78 is 2.14. The molecule has 0 bridgehead atoms. The van der Waals surface area contributed by atoms with E-state index in [9.17, 15) is 4.79 Å². The minimum Gasteiger partial charge on any atom is -0.512 e. The van der Waals surface area contributed by atoms with Crippen LogP contribution in [0.2, 0.25) is 0 Å². The van der Waals surface area contributed by atoms with Gasteiger partial charge in [-0.2, -0.15) is 0 Å². The topological polar surface area (TPSA) is 55.1 Å². The van der Waals surface area contributed by atoms with Gasteiger partial charge < -0.3 is 9.67 Å². The molecule has 0 aliphatic rings. The van der Waals surface area contributed by atoms with E-state index in [0.717, 1.165) is 17.9 Å². The molecule has 3 rings (SSSR count). The van der Waals surface area contributed by atoms with Gasteiger partial charge in [-0.15, -0.1) is 35.9 Å². The van der Waals surface area contributed by atoms with Crippen LogP contribution in [-0.4, -0.2) is 20.4 Å². The first-order valence-corrected chi connectivity index (χ1v) is 7.96. The van der Waals surface area contributed by atoms with Crippen LogP contribution in [0.25, 0.3) is 11.4 Å². The third kappa shape index (κ3) is 7.18. The number of aliphatic hydroxyl groups excluding tert-OH is 1. The number of benzene rings is 2. The van der Waals surface area contributed by atoms with Crippen LogP contribution in [0.4, 0.5) is 0 Å². The quantitative estimate of drug-likeness (QED) is 0.312. The molecule has 0 fully saturated rings. The average molecular weight is 526 g/mol. The van der Waals surface area contributed by atoms with Gasteiger partial charge in [0.2, 0.25) is 0 Å². The molecule has 1 N–H and O–H groups in total. The zero-order chi connectivity index (χ0) is 18.1. The summed E-state index contributed by atoms with van der Waals surface area (Å²) >= 11 is 0. The summed E-state index contributed by atoms with van der Waals surface area (Å²) in [7, 11) is 0. The SMILES string of the molecule is CC(=O)/C=C(/C)O.[Ir].[c-]1ccccc1-c1nccn1Cc1ccccc1. The molecule has 1 aromatic heterocycles. The molecule has 5 heteroatoms. The van der Waals surface area contributed by atoms with E-state index in [2.05, 4.69) is 39.9 Å². The number of carbonyl (C=O) groups excluding carboxylic acids is 1. The van der Waals surface area contributed by atoms with Gasteiger partial charge in [0.1, 0.15) is 0 Å². The smallest absolute Gasteiger partial charge is 0.155 e. The van der Waals surface area contributed by atoms with Gasteiger partial charge in [0.15, 0.2) is 5.78 Å². The second-order valence-electron chi connectivity index (χ2n) is 5.54. The van der Waals surface area contributed by atoms with E-state index in [1.54, 1.807) is 0 Å². The molecule has 0 saturated carbocycles. The fourth-order valence-corrected chi connectivity index (χ4v) is 2.29. The summed E-state index contributed by atoms with van der Waals surface area (Å²) in [5.41, 5.74) is 2.30. The molecule has 26 heavy (non-hydrogen) atoms. The van der Waals surface area contributed by atoms with E-state index in [1.165, 1.54) is 25.5 Å². The van der Waals surface area contributed by atoms with Crippen LogP contribution in [-0.2, 0) is 31.4 Å². The second-order valence-corrected chi connectivity index (χ2v) is 5.54. The summed E-state index contributed by atoms with van der Waals surface area (Å²) in [5.74, 6) is 0.895. The molecule has 0 amide bonds. The number of hydrogen-bond acceptors (Lipinski definition) is 3. The number of hydrogen-bond donors (Lipinski definition) is 1. The number of allylic oxidation sites excluding steroid dienone is 2. The van der Waals surface area contributed by atoms with Gasteiger partial charge in [-0.05, 0) is 19.4 Å². The minimum atomic E-state index is -0.125. The van der Waals surface area contributed by atoms with Crippen LogP contribution in [0.3, 0.4) is 0 Å². The maximum absolute atomic E-state index is 10.0. The average Bonchev–Trinajstić information content (AvgIpc) is 3.04. The van der Waals surface area contributed by atoms with Crippen molar-refractivity contribution in [3.63, 3.8) is 0 Å². The number of ketones is 1. The number of aliphatic hydroxyl groups is 1. The number of aromatic nitrogens is 2. The number of nitrogens with zero attached hydrogens (tertiary/aromatic N) is 2. The van der Waals surface area contributed by atoms with Crippen molar-refractivity contribution in [3.8, 4) is 11.4 Å². The molecule has 0 atom stereocenters. The first-order valence-electron chi connectivity index (χ1n) is 7.96. The molecule has 1 radical (unpaired) electrons. The Bertz CT molecular complexity index is 823. The summed E-state index contributed by atoms with van der Waals surface area (Å²) in [5, 5.41) is 8.36. The van der Waals surface area contributed by atoms with E-state index < -0.39 is 0 Å². The molecule has 0 aliphatic carbocycles. The molecule has 0 spiro atoms. The Morgan fingerprint density at radius 2 is 1.85 bits per heavy atom. The van der Waals surface area contributed by atoms with Gasteiger partial charge in [-0.3, -0.25) is 9.78 Å². The third-order valence-corrected chi connectivity index (χ3v) is 3.27. The van der Waals surface area contributed by atoms with Crippen LogP contribution in [0.5, 0.6) is 0 Å². The molecule has 0 saturated heterocycles. The monoisotopic (exact) mass is 526 g/mol. The summed E-state index contributed by atoms with van der Waals surface area (Å²) in [6.07, 6.45) is 5.00. The van der Waals surface area contributed by atoms with E-state index in [0.29, 0.717) is 0 Å². The first-order chi connectivity index (χ1) is 12.1. The summed E-state index contributed by atoms with van der Waals surface area (Å²) in [6.45, 7) is 3.68. The molecule has 0 unspecified atom stereocenters. The number of carbonyl (C=O) groups is 1. The molecule has 3 aromatic rings. The maximum atomic E-state index is 10.0. The second kappa shape index (κ2) is 11.2. The predicted molar refractivity (Wildman–Crippen MR) is 99.1 cm³/mol. The minimum absolute atomic E-state index is 0. The molecule has 1 heterocycles. The Morgan fingerprint density at radius 1 is 1.15 bits per heavy atom. The van der Waals surface area contributed by atoms with Crippen LogP contribution in [0, 0.1) is 6.07 Å². The van der Waals surface area contributed by atoms with Crippen molar-refractivity contribution in [1.82, 2.24) is 9.55 Å². The fraction of sp³-hybridized carbons (Fsp3) is 0.143. The number of imidazole rings is 1. The maximum Gasteiger partial charge on any atom is 0.155 e. The van der Waals surface area contributed by atoms with Crippen LogP contribution >= 0.6 is 0 Å². The molecular weight excluding hydrogens is 504 g/mol. The Morgan fingerprint density at radius 3 is 2.38 bits per heavy atom. The van der Waals surface area contributed by atoms with Gasteiger partial charge in [0, 0.05) is 45.1 Å². The van der Waals surface area contributed by atoms with Crippen molar-refractivity contribution < 1.29 is 30.0 Å². The Balaban J connectivity index is 0.000000366. The van der Waals surface area contributed by atoms with Crippen LogP contribution < -0.4 is 0 Å². The zero-order valence-corrected chi connectivity index (χ0v) is 17.1. The fourth-order valence-electron chi connectivity index (χ4n) is 2.29. The van der Waals surface area contributed by atoms with Crippen molar-refractivity contribution in [1.29, 1.82) is 0 Å². The molecular formula is C21H21IrN2O2-. The van der Waals surface area contributed by atoms with Crippen molar-refractivity contribution in [2.24, 2.45) is 0 Å². The normalized spacial score (nSPS) is 10.3. The van der Waals surface area contributed by atoms with E-state index in [1.807, 2.05) is 42.7 Å². The molecule has 137 valence electrons. The van der Waals surface area contributed by atoms with Gasteiger partial charge in [-0.1, -0.05) is 30.3 Å². The van der Waals surface area contributed by atoms with E-state index >= 15 is 0 Å². The first kappa shape index (κ1) is 21.6. The van der Waals surface area contributed by atoms with E-state index in [-0.39, 0.29) is 31.6 Å². The van der Waals surface area contributed by atoms with Crippen molar-refractivity contribution in [2.45, 2.75) is 20.4 Å². The summed E-state index contributed by atoms with van der Waals surface area (Å²) in [6, 6.07) is 21.5. The van der Waals surface area contributed by atoms with Crippen molar-refractivity contribution in [2.75, 3.05) is 0 Å². The Kier molecular flexibility index (Phi) is 9.27. The number of rotatable bonds is 4. The molecule has 0 aliphatic heterocycles. The predicted octanol–water partition coefficient (Wildman–Crippen LogP) is 4.43. The van der Waals surface area contributed by atoms with Crippen LogP contribution in [0.1, 0.15) is 19.4 Å².